The van der Waals surface area contributed by atoms with Crippen molar-refractivity contribution >= 4 is 33.4 Å². The first-order valence-corrected chi connectivity index (χ1v) is 6.71. The second-order valence-electron chi connectivity index (χ2n) is 4.42. The number of carboxylic acids is 1. The molecule has 0 saturated carbocycles. The monoisotopic (exact) mass is 335 g/mol. The summed E-state index contributed by atoms with van der Waals surface area (Å²) >= 11 is 3.38. The second-order valence-corrected chi connectivity index (χ2v) is 5.33. The molecule has 0 aliphatic rings. The Morgan fingerprint density at radius 1 is 1.40 bits per heavy atom. The van der Waals surface area contributed by atoms with Gasteiger partial charge in [0.25, 0.3) is 0 Å². The Balaban J connectivity index is 2.20. The molecule has 2 rings (SSSR count). The number of anilines is 2. The van der Waals surface area contributed by atoms with Crippen molar-refractivity contribution in [3.63, 3.8) is 0 Å². The number of rotatable bonds is 4. The molecule has 20 heavy (non-hydrogen) atoms. The highest BCUT2D eigenvalue weighted by molar-refractivity contribution is 9.10. The first-order chi connectivity index (χ1) is 9.47. The van der Waals surface area contributed by atoms with Gasteiger partial charge in [0.2, 0.25) is 0 Å². The van der Waals surface area contributed by atoms with Crippen LogP contribution in [0.4, 0.5) is 11.5 Å². The lowest BCUT2D eigenvalue weighted by Crippen LogP contribution is -2.18. The van der Waals surface area contributed by atoms with Crippen molar-refractivity contribution in [2.24, 2.45) is 0 Å². The van der Waals surface area contributed by atoms with Gasteiger partial charge in [-0.25, -0.2) is 9.78 Å². The molecule has 1 aromatic heterocycles. The largest absolute Gasteiger partial charge is 0.478 e. The molecule has 0 radical (unpaired) electrons. The number of aromatic nitrogens is 1. The average Bonchev–Trinajstić information content (AvgIpc) is 2.41. The first-order valence-electron chi connectivity index (χ1n) is 5.92. The molecule has 104 valence electrons. The van der Waals surface area contributed by atoms with Crippen LogP contribution in [0.1, 0.15) is 15.9 Å². The second kappa shape index (κ2) is 5.92. The predicted molar refractivity (Wildman–Crippen MR) is 81.9 cm³/mol. The molecule has 5 nitrogen and oxygen atoms in total. The number of carboxylic acid groups (broad SMARTS) is 1. The van der Waals surface area contributed by atoms with Gasteiger partial charge < -0.3 is 15.7 Å². The minimum atomic E-state index is -1.05. The third kappa shape index (κ3) is 3.27. The SMILES string of the molecule is CN(Cc1ccc(Br)cc1)c1cc(C(=O)O)c(N)cn1. The summed E-state index contributed by atoms with van der Waals surface area (Å²) in [5.41, 5.74) is 6.93. The van der Waals surface area contributed by atoms with Gasteiger partial charge in [-0.1, -0.05) is 28.1 Å². The minimum Gasteiger partial charge on any atom is -0.478 e. The van der Waals surface area contributed by atoms with Crippen molar-refractivity contribution in [3.8, 4) is 0 Å². The van der Waals surface area contributed by atoms with E-state index < -0.39 is 5.97 Å². The Bertz CT molecular complexity index is 629. The van der Waals surface area contributed by atoms with Crippen molar-refractivity contribution in [1.29, 1.82) is 0 Å². The number of nitrogen functional groups attached to an aromatic ring is 1. The van der Waals surface area contributed by atoms with Gasteiger partial charge in [-0.15, -0.1) is 0 Å². The van der Waals surface area contributed by atoms with Gasteiger partial charge in [0.15, 0.2) is 0 Å². The molecule has 0 aliphatic carbocycles. The standard InChI is InChI=1S/C14H14BrN3O2/c1-18(8-9-2-4-10(15)5-3-9)13-6-11(14(19)20)12(16)7-17-13/h2-7H,8,16H2,1H3,(H,19,20). The Morgan fingerprint density at radius 2 is 2.05 bits per heavy atom. The van der Waals surface area contributed by atoms with Crippen LogP contribution in [-0.4, -0.2) is 23.1 Å². The fraction of sp³-hybridized carbons (Fsp3) is 0.143. The third-order valence-corrected chi connectivity index (χ3v) is 3.40. The minimum absolute atomic E-state index is 0.0673. The average molecular weight is 336 g/mol. The van der Waals surface area contributed by atoms with Crippen LogP contribution < -0.4 is 10.6 Å². The van der Waals surface area contributed by atoms with Crippen molar-refractivity contribution < 1.29 is 9.90 Å². The van der Waals surface area contributed by atoms with Crippen LogP contribution in [0.2, 0.25) is 0 Å². The molecular weight excluding hydrogens is 322 g/mol. The fourth-order valence-corrected chi connectivity index (χ4v) is 2.06. The number of aromatic carboxylic acids is 1. The summed E-state index contributed by atoms with van der Waals surface area (Å²) in [7, 11) is 1.85. The van der Waals surface area contributed by atoms with Crippen molar-refractivity contribution in [2.75, 3.05) is 17.7 Å². The Kier molecular flexibility index (Phi) is 4.24. The number of nitrogens with two attached hydrogens (primary N) is 1. The van der Waals surface area contributed by atoms with Gasteiger partial charge in [-0.05, 0) is 23.8 Å². The highest BCUT2D eigenvalue weighted by atomic mass is 79.9. The van der Waals surface area contributed by atoms with E-state index in [0.717, 1.165) is 10.0 Å². The van der Waals surface area contributed by atoms with Crippen LogP contribution >= 0.6 is 15.9 Å². The third-order valence-electron chi connectivity index (χ3n) is 2.87. The van der Waals surface area contributed by atoms with Crippen molar-refractivity contribution in [2.45, 2.75) is 6.54 Å². The number of hydrogen-bond donors (Lipinski definition) is 2. The van der Waals surface area contributed by atoms with Gasteiger partial charge in [0, 0.05) is 18.1 Å². The molecule has 1 aromatic carbocycles. The summed E-state index contributed by atoms with van der Waals surface area (Å²) < 4.78 is 1.02. The quantitative estimate of drug-likeness (QED) is 0.897. The van der Waals surface area contributed by atoms with E-state index in [4.69, 9.17) is 10.8 Å². The lowest BCUT2D eigenvalue weighted by atomic mass is 10.2. The molecular formula is C14H14BrN3O2. The zero-order valence-corrected chi connectivity index (χ0v) is 12.5. The maximum atomic E-state index is 11.1. The van der Waals surface area contributed by atoms with Crippen LogP contribution in [0.15, 0.2) is 41.0 Å². The summed E-state index contributed by atoms with van der Waals surface area (Å²) in [6, 6.07) is 9.40. The van der Waals surface area contributed by atoms with E-state index in [1.165, 1.54) is 12.3 Å². The molecule has 2 aromatic rings. The molecule has 3 N–H and O–H groups in total. The van der Waals surface area contributed by atoms with Gasteiger partial charge in [-0.2, -0.15) is 0 Å². The van der Waals surface area contributed by atoms with E-state index in [1.54, 1.807) is 0 Å². The molecule has 0 atom stereocenters. The van der Waals surface area contributed by atoms with Gasteiger partial charge >= 0.3 is 5.97 Å². The normalized spacial score (nSPS) is 10.3. The Labute approximate surface area is 125 Å². The van der Waals surface area contributed by atoms with Crippen molar-refractivity contribution in [3.05, 3.63) is 52.1 Å². The summed E-state index contributed by atoms with van der Waals surface area (Å²) in [6.45, 7) is 0.628. The molecule has 1 heterocycles. The van der Waals surface area contributed by atoms with Crippen LogP contribution in [0.3, 0.4) is 0 Å². The van der Waals surface area contributed by atoms with E-state index in [-0.39, 0.29) is 11.3 Å². The summed E-state index contributed by atoms with van der Waals surface area (Å²) in [5.74, 6) is -0.484. The van der Waals surface area contributed by atoms with E-state index in [0.29, 0.717) is 12.4 Å². The van der Waals surface area contributed by atoms with E-state index in [1.807, 2.05) is 36.2 Å². The highest BCUT2D eigenvalue weighted by Gasteiger charge is 2.12. The lowest BCUT2D eigenvalue weighted by molar-refractivity contribution is 0.0698. The van der Waals surface area contributed by atoms with Crippen LogP contribution in [-0.2, 0) is 6.54 Å². The zero-order chi connectivity index (χ0) is 14.7. The number of benzene rings is 1. The lowest BCUT2D eigenvalue weighted by Gasteiger charge is -2.19. The van der Waals surface area contributed by atoms with Crippen LogP contribution in [0.25, 0.3) is 0 Å². The molecule has 0 aliphatic heterocycles. The maximum absolute atomic E-state index is 11.1. The number of halogens is 1. The molecule has 0 bridgehead atoms. The van der Waals surface area contributed by atoms with Crippen LogP contribution in [0, 0.1) is 0 Å². The van der Waals surface area contributed by atoms with E-state index in [9.17, 15) is 4.79 Å². The molecule has 0 amide bonds. The predicted octanol–water partition coefficient (Wildman–Crippen LogP) is 2.76. The summed E-state index contributed by atoms with van der Waals surface area (Å²) in [4.78, 5) is 17.1. The number of nitrogens with zero attached hydrogens (tertiary/aromatic N) is 2. The molecule has 0 unspecified atom stereocenters. The molecule has 0 saturated heterocycles. The van der Waals surface area contributed by atoms with Crippen molar-refractivity contribution in [1.82, 2.24) is 4.98 Å². The Morgan fingerprint density at radius 3 is 2.65 bits per heavy atom. The molecule has 0 fully saturated rings. The smallest absolute Gasteiger partial charge is 0.337 e. The fourth-order valence-electron chi connectivity index (χ4n) is 1.79. The number of carbonyl (C=O) groups is 1. The topological polar surface area (TPSA) is 79.5 Å². The van der Waals surface area contributed by atoms with E-state index in [2.05, 4.69) is 20.9 Å². The zero-order valence-electron chi connectivity index (χ0n) is 10.9. The van der Waals surface area contributed by atoms with Crippen LogP contribution in [0.5, 0.6) is 0 Å². The number of pyridine rings is 1. The van der Waals surface area contributed by atoms with Gasteiger partial charge in [0.1, 0.15) is 5.82 Å². The maximum Gasteiger partial charge on any atom is 0.337 e. The van der Waals surface area contributed by atoms with E-state index >= 15 is 0 Å². The summed E-state index contributed by atoms with van der Waals surface area (Å²) in [6.07, 6.45) is 1.37. The van der Waals surface area contributed by atoms with Gasteiger partial charge in [-0.3, -0.25) is 0 Å². The first kappa shape index (κ1) is 14.3. The highest BCUT2D eigenvalue weighted by Crippen LogP contribution is 2.19. The molecule has 6 heteroatoms. The Hall–Kier alpha value is -2.08. The molecule has 0 spiro atoms. The number of hydrogen-bond acceptors (Lipinski definition) is 4. The van der Waals surface area contributed by atoms with Gasteiger partial charge in [0.05, 0.1) is 17.4 Å². The summed E-state index contributed by atoms with van der Waals surface area (Å²) in [5, 5.41) is 9.06.